The molecule has 0 unspecified atom stereocenters. The molecule has 0 aromatic heterocycles. The molecule has 0 saturated heterocycles. The molecular formula is C23H33ClN2O5S. The maximum atomic E-state index is 12.9. The van der Waals surface area contributed by atoms with Crippen LogP contribution in [-0.2, 0) is 16.4 Å². The molecular weight excluding hydrogens is 452 g/mol. The van der Waals surface area contributed by atoms with Gasteiger partial charge in [-0.15, -0.1) is 0 Å². The maximum Gasteiger partial charge on any atom is 0.265 e. The average Bonchev–Trinajstić information content (AvgIpc) is 2.79. The highest BCUT2D eigenvalue weighted by Gasteiger charge is 2.27. The minimum atomic E-state index is -3.90. The third-order valence-corrected chi connectivity index (χ3v) is 6.39. The number of hydrogen-bond donors (Lipinski definition) is 2. The van der Waals surface area contributed by atoms with E-state index in [1.807, 2.05) is 0 Å². The Labute approximate surface area is 196 Å². The number of rotatable bonds is 9. The number of sulfonamides is 1. The Kier molecular flexibility index (Phi) is 10.4. The van der Waals surface area contributed by atoms with Crippen molar-refractivity contribution in [2.75, 3.05) is 38.6 Å². The van der Waals surface area contributed by atoms with Crippen LogP contribution in [0.25, 0.3) is 0 Å². The molecule has 2 aromatic carbocycles. The van der Waals surface area contributed by atoms with Crippen molar-refractivity contribution in [3.05, 3.63) is 40.9 Å². The molecule has 0 radical (unpaired) electrons. The van der Waals surface area contributed by atoms with Crippen molar-refractivity contribution in [3.8, 4) is 17.2 Å². The number of anilines is 1. The number of benzene rings is 2. The molecule has 0 amide bonds. The monoisotopic (exact) mass is 484 g/mol. The SMILES string of the molecule is CCCNCCC.COc1ccc(Cl)cc1NS(=O)(=O)c1ccc(OC)c2c1OCCC2. The van der Waals surface area contributed by atoms with Crippen molar-refractivity contribution in [1.82, 2.24) is 5.32 Å². The molecule has 7 nitrogen and oxygen atoms in total. The molecule has 9 heteroatoms. The van der Waals surface area contributed by atoms with Crippen molar-refractivity contribution in [3.63, 3.8) is 0 Å². The molecule has 32 heavy (non-hydrogen) atoms. The Morgan fingerprint density at radius 2 is 1.69 bits per heavy atom. The van der Waals surface area contributed by atoms with Crippen molar-refractivity contribution >= 4 is 27.3 Å². The van der Waals surface area contributed by atoms with Gasteiger partial charge in [-0.25, -0.2) is 8.42 Å². The van der Waals surface area contributed by atoms with E-state index < -0.39 is 10.0 Å². The zero-order valence-electron chi connectivity index (χ0n) is 19.2. The fourth-order valence-corrected chi connectivity index (χ4v) is 4.65. The quantitative estimate of drug-likeness (QED) is 0.493. The van der Waals surface area contributed by atoms with Crippen LogP contribution in [-0.4, -0.2) is 42.3 Å². The lowest BCUT2D eigenvalue weighted by atomic mass is 10.1. The van der Waals surface area contributed by atoms with Crippen molar-refractivity contribution in [2.45, 2.75) is 44.4 Å². The topological polar surface area (TPSA) is 85.9 Å². The number of ether oxygens (including phenoxy) is 3. The fraction of sp³-hybridized carbons (Fsp3) is 0.478. The summed E-state index contributed by atoms with van der Waals surface area (Å²) in [5, 5.41) is 3.68. The molecule has 0 atom stereocenters. The maximum absolute atomic E-state index is 12.9. The number of fused-ring (bicyclic) bond motifs is 1. The first-order valence-corrected chi connectivity index (χ1v) is 12.6. The molecule has 0 saturated carbocycles. The van der Waals surface area contributed by atoms with Gasteiger partial charge < -0.3 is 19.5 Å². The summed E-state index contributed by atoms with van der Waals surface area (Å²) in [7, 11) is -0.892. The summed E-state index contributed by atoms with van der Waals surface area (Å²) < 4.78 is 44.5. The van der Waals surface area contributed by atoms with E-state index in [9.17, 15) is 8.42 Å². The van der Waals surface area contributed by atoms with Crippen molar-refractivity contribution in [2.24, 2.45) is 0 Å². The predicted molar refractivity (Wildman–Crippen MR) is 129 cm³/mol. The zero-order valence-corrected chi connectivity index (χ0v) is 20.7. The summed E-state index contributed by atoms with van der Waals surface area (Å²) in [5.41, 5.74) is 1.02. The first kappa shape index (κ1) is 26.1. The van der Waals surface area contributed by atoms with Gasteiger partial charge in [-0.05, 0) is 69.1 Å². The van der Waals surface area contributed by atoms with Crippen LogP contribution in [0.1, 0.15) is 38.7 Å². The largest absolute Gasteiger partial charge is 0.496 e. The molecule has 1 aliphatic heterocycles. The van der Waals surface area contributed by atoms with E-state index in [0.29, 0.717) is 35.3 Å². The molecule has 178 valence electrons. The van der Waals surface area contributed by atoms with Gasteiger partial charge in [0.25, 0.3) is 10.0 Å². The lowest BCUT2D eigenvalue weighted by Crippen LogP contribution is -2.18. The predicted octanol–water partition coefficient (Wildman–Crippen LogP) is 4.88. The Balaban J connectivity index is 0.000000451. The molecule has 1 aliphatic rings. The van der Waals surface area contributed by atoms with E-state index in [1.54, 1.807) is 25.3 Å². The van der Waals surface area contributed by atoms with Crippen LogP contribution in [0.2, 0.25) is 5.02 Å². The fourth-order valence-electron chi connectivity index (χ4n) is 3.25. The summed E-state index contributed by atoms with van der Waals surface area (Å²) in [6.07, 6.45) is 4.00. The molecule has 0 spiro atoms. The van der Waals surface area contributed by atoms with E-state index in [2.05, 4.69) is 23.9 Å². The van der Waals surface area contributed by atoms with E-state index in [-0.39, 0.29) is 10.6 Å². The van der Waals surface area contributed by atoms with Gasteiger partial charge in [0, 0.05) is 10.6 Å². The van der Waals surface area contributed by atoms with Gasteiger partial charge in [0.05, 0.1) is 26.5 Å². The second-order valence-electron chi connectivity index (χ2n) is 7.23. The third-order valence-electron chi connectivity index (χ3n) is 4.77. The van der Waals surface area contributed by atoms with Crippen LogP contribution in [0, 0.1) is 0 Å². The van der Waals surface area contributed by atoms with Crippen LogP contribution in [0.15, 0.2) is 35.2 Å². The summed E-state index contributed by atoms with van der Waals surface area (Å²) in [6, 6.07) is 7.82. The summed E-state index contributed by atoms with van der Waals surface area (Å²) in [6.45, 7) is 7.18. The molecule has 3 rings (SSSR count). The Hall–Kier alpha value is -2.16. The van der Waals surface area contributed by atoms with E-state index >= 15 is 0 Å². The standard InChI is InChI=1S/C17H18ClNO5S.C6H15N/c1-22-14-7-8-16(17-12(14)4-3-9-24-17)25(20,21)19-13-10-11(18)5-6-15(13)23-2;1-3-5-7-6-4-2/h5-8,10,19H,3-4,9H2,1-2H3;7H,3-6H2,1-2H3. The molecule has 2 aromatic rings. The summed E-state index contributed by atoms with van der Waals surface area (Å²) >= 11 is 5.97. The Morgan fingerprint density at radius 1 is 1.03 bits per heavy atom. The van der Waals surface area contributed by atoms with E-state index in [0.717, 1.165) is 12.0 Å². The van der Waals surface area contributed by atoms with Gasteiger partial charge in [-0.2, -0.15) is 0 Å². The highest BCUT2D eigenvalue weighted by atomic mass is 35.5. The normalized spacial score (nSPS) is 12.7. The first-order chi connectivity index (χ1) is 15.4. The second-order valence-corrected chi connectivity index (χ2v) is 9.31. The second kappa shape index (κ2) is 12.8. The van der Waals surface area contributed by atoms with Gasteiger partial charge in [-0.3, -0.25) is 4.72 Å². The minimum absolute atomic E-state index is 0.0602. The number of halogens is 1. The van der Waals surface area contributed by atoms with Crippen LogP contribution < -0.4 is 24.2 Å². The molecule has 0 bridgehead atoms. The highest BCUT2D eigenvalue weighted by Crippen LogP contribution is 2.39. The molecule has 1 heterocycles. The first-order valence-electron chi connectivity index (χ1n) is 10.8. The Morgan fingerprint density at radius 3 is 2.31 bits per heavy atom. The van der Waals surface area contributed by atoms with E-state index in [4.69, 9.17) is 25.8 Å². The van der Waals surface area contributed by atoms with E-state index in [1.165, 1.54) is 45.2 Å². The number of nitrogens with one attached hydrogen (secondary N) is 2. The smallest absolute Gasteiger partial charge is 0.265 e. The van der Waals surface area contributed by atoms with Gasteiger partial charge in [0.15, 0.2) is 0 Å². The lowest BCUT2D eigenvalue weighted by molar-refractivity contribution is 0.274. The minimum Gasteiger partial charge on any atom is -0.496 e. The van der Waals surface area contributed by atoms with Gasteiger partial charge in [0.2, 0.25) is 0 Å². The van der Waals surface area contributed by atoms with Gasteiger partial charge >= 0.3 is 0 Å². The Bertz CT molecular complexity index is 979. The summed E-state index contributed by atoms with van der Waals surface area (Å²) in [5.74, 6) is 1.32. The third kappa shape index (κ3) is 6.92. The molecule has 0 fully saturated rings. The average molecular weight is 485 g/mol. The van der Waals surface area contributed by atoms with Gasteiger partial charge in [0.1, 0.15) is 22.1 Å². The number of methoxy groups -OCH3 is 2. The van der Waals surface area contributed by atoms with Crippen LogP contribution in [0.4, 0.5) is 5.69 Å². The molecule has 2 N–H and O–H groups in total. The van der Waals surface area contributed by atoms with Crippen LogP contribution >= 0.6 is 11.6 Å². The van der Waals surface area contributed by atoms with Crippen molar-refractivity contribution in [1.29, 1.82) is 0 Å². The summed E-state index contributed by atoms with van der Waals surface area (Å²) in [4.78, 5) is 0.0602. The lowest BCUT2D eigenvalue weighted by Gasteiger charge is -2.23. The molecule has 0 aliphatic carbocycles. The van der Waals surface area contributed by atoms with Crippen molar-refractivity contribution < 1.29 is 22.6 Å². The van der Waals surface area contributed by atoms with Crippen LogP contribution in [0.3, 0.4) is 0 Å². The number of hydrogen-bond acceptors (Lipinski definition) is 6. The highest BCUT2D eigenvalue weighted by molar-refractivity contribution is 7.92. The van der Waals surface area contributed by atoms with Gasteiger partial charge in [-0.1, -0.05) is 25.4 Å². The van der Waals surface area contributed by atoms with Crippen LogP contribution in [0.5, 0.6) is 17.2 Å². The zero-order chi connectivity index (χ0) is 23.6.